The zero-order valence-electron chi connectivity index (χ0n) is 10.6. The largest absolute Gasteiger partial charge is 0.338 e. The number of aromatic nitrogens is 3. The number of nitrogens with zero attached hydrogens (tertiary/aromatic N) is 3. The van der Waals surface area contributed by atoms with Crippen molar-refractivity contribution in [1.29, 1.82) is 0 Å². The van der Waals surface area contributed by atoms with Crippen LogP contribution in [-0.2, 0) is 6.54 Å². The first kappa shape index (κ1) is 12.9. The maximum atomic E-state index is 11.6. The van der Waals surface area contributed by atoms with E-state index in [1.54, 1.807) is 10.9 Å². The van der Waals surface area contributed by atoms with Gasteiger partial charge in [0.05, 0.1) is 6.20 Å². The van der Waals surface area contributed by atoms with Crippen LogP contribution < -0.4 is 10.6 Å². The molecule has 2 N–H and O–H groups in total. The van der Waals surface area contributed by atoms with E-state index in [0.717, 1.165) is 25.8 Å². The molecule has 1 aromatic heterocycles. The van der Waals surface area contributed by atoms with Crippen molar-refractivity contribution in [3.8, 4) is 0 Å². The summed E-state index contributed by atoms with van der Waals surface area (Å²) in [5.41, 5.74) is 0. The molecule has 2 amide bonds. The Morgan fingerprint density at radius 1 is 1.33 bits per heavy atom. The summed E-state index contributed by atoms with van der Waals surface area (Å²) < 4.78 is 1.76. The maximum absolute atomic E-state index is 11.6. The summed E-state index contributed by atoms with van der Waals surface area (Å²) in [6.45, 7) is 1.45. The molecule has 0 bridgehead atoms. The van der Waals surface area contributed by atoms with Crippen molar-refractivity contribution >= 4 is 6.03 Å². The molecule has 0 aliphatic heterocycles. The van der Waals surface area contributed by atoms with Crippen LogP contribution in [0.1, 0.15) is 38.5 Å². The lowest BCUT2D eigenvalue weighted by molar-refractivity contribution is 0.232. The lowest BCUT2D eigenvalue weighted by Gasteiger charge is -2.22. The Bertz CT molecular complexity index is 345. The van der Waals surface area contributed by atoms with Crippen molar-refractivity contribution in [3.05, 3.63) is 12.4 Å². The number of hydrogen-bond donors (Lipinski definition) is 2. The normalized spacial score (nSPS) is 16.4. The number of urea groups is 1. The van der Waals surface area contributed by atoms with Gasteiger partial charge in [0.25, 0.3) is 0 Å². The van der Waals surface area contributed by atoms with Gasteiger partial charge >= 0.3 is 6.03 Å². The number of amides is 2. The summed E-state index contributed by atoms with van der Waals surface area (Å²) in [5, 5.41) is 13.5. The van der Waals surface area contributed by atoms with Crippen LogP contribution in [0.3, 0.4) is 0 Å². The first-order valence-corrected chi connectivity index (χ1v) is 6.73. The number of carbonyl (C=O) groups excluding carboxylic acids is 1. The summed E-state index contributed by atoms with van der Waals surface area (Å²) >= 11 is 0. The van der Waals surface area contributed by atoms with Gasteiger partial charge in [-0.3, -0.25) is 4.68 Å². The Labute approximate surface area is 107 Å². The van der Waals surface area contributed by atoms with Gasteiger partial charge in [-0.2, -0.15) is 0 Å². The molecule has 0 atom stereocenters. The SMILES string of the molecule is O=C(NCCCn1ccnn1)NC1CCCCC1. The highest BCUT2D eigenvalue weighted by atomic mass is 16.2. The second-order valence-electron chi connectivity index (χ2n) is 4.75. The molecule has 0 unspecified atom stereocenters. The minimum Gasteiger partial charge on any atom is -0.338 e. The summed E-state index contributed by atoms with van der Waals surface area (Å²) in [5.74, 6) is 0. The van der Waals surface area contributed by atoms with Crippen LogP contribution in [0.2, 0.25) is 0 Å². The van der Waals surface area contributed by atoms with Gasteiger partial charge in [0, 0.05) is 25.3 Å². The van der Waals surface area contributed by atoms with Crippen molar-refractivity contribution in [1.82, 2.24) is 25.6 Å². The molecular weight excluding hydrogens is 230 g/mol. The molecule has 0 aromatic carbocycles. The van der Waals surface area contributed by atoms with Crippen molar-refractivity contribution in [3.63, 3.8) is 0 Å². The van der Waals surface area contributed by atoms with E-state index in [0.29, 0.717) is 12.6 Å². The zero-order chi connectivity index (χ0) is 12.6. The average Bonchev–Trinajstić information content (AvgIpc) is 2.89. The van der Waals surface area contributed by atoms with Crippen LogP contribution in [0.15, 0.2) is 12.4 Å². The molecule has 1 saturated carbocycles. The molecule has 1 heterocycles. The highest BCUT2D eigenvalue weighted by molar-refractivity contribution is 5.74. The number of carbonyl (C=O) groups is 1. The minimum atomic E-state index is -0.0412. The fourth-order valence-corrected chi connectivity index (χ4v) is 2.28. The van der Waals surface area contributed by atoms with E-state index in [-0.39, 0.29) is 6.03 Å². The van der Waals surface area contributed by atoms with Gasteiger partial charge in [-0.05, 0) is 19.3 Å². The quantitative estimate of drug-likeness (QED) is 0.775. The topological polar surface area (TPSA) is 71.8 Å². The van der Waals surface area contributed by atoms with E-state index in [2.05, 4.69) is 20.9 Å². The molecule has 1 aliphatic rings. The van der Waals surface area contributed by atoms with E-state index < -0.39 is 0 Å². The number of rotatable bonds is 5. The van der Waals surface area contributed by atoms with Crippen LogP contribution in [0.5, 0.6) is 0 Å². The van der Waals surface area contributed by atoms with Crippen molar-refractivity contribution in [2.45, 2.75) is 51.1 Å². The molecule has 2 rings (SSSR count). The lowest BCUT2D eigenvalue weighted by atomic mass is 9.96. The molecular formula is C12H21N5O. The molecule has 6 nitrogen and oxygen atoms in total. The fourth-order valence-electron chi connectivity index (χ4n) is 2.28. The smallest absolute Gasteiger partial charge is 0.315 e. The summed E-state index contributed by atoms with van der Waals surface area (Å²) in [6, 6.07) is 0.328. The Kier molecular flexibility index (Phi) is 4.99. The third kappa shape index (κ3) is 4.35. The lowest BCUT2D eigenvalue weighted by Crippen LogP contribution is -2.43. The third-order valence-electron chi connectivity index (χ3n) is 3.26. The molecule has 0 radical (unpaired) electrons. The Hall–Kier alpha value is -1.59. The standard InChI is InChI=1S/C12H21N5O/c18-12(15-11-5-2-1-3-6-11)13-7-4-9-17-10-8-14-16-17/h8,10-11H,1-7,9H2,(H2,13,15,18). The van der Waals surface area contributed by atoms with Gasteiger partial charge in [0.2, 0.25) is 0 Å². The van der Waals surface area contributed by atoms with E-state index >= 15 is 0 Å². The van der Waals surface area contributed by atoms with Crippen molar-refractivity contribution in [2.75, 3.05) is 6.54 Å². The molecule has 6 heteroatoms. The molecule has 0 spiro atoms. The van der Waals surface area contributed by atoms with Gasteiger partial charge in [-0.15, -0.1) is 5.10 Å². The predicted molar refractivity (Wildman–Crippen MR) is 68.0 cm³/mol. The van der Waals surface area contributed by atoms with Crippen LogP contribution in [0.4, 0.5) is 4.79 Å². The molecule has 18 heavy (non-hydrogen) atoms. The van der Waals surface area contributed by atoms with E-state index in [9.17, 15) is 4.79 Å². The van der Waals surface area contributed by atoms with Crippen LogP contribution in [-0.4, -0.2) is 33.6 Å². The van der Waals surface area contributed by atoms with Gasteiger partial charge in [-0.25, -0.2) is 4.79 Å². The Morgan fingerprint density at radius 3 is 2.89 bits per heavy atom. The van der Waals surface area contributed by atoms with Crippen LogP contribution in [0.25, 0.3) is 0 Å². The van der Waals surface area contributed by atoms with Crippen LogP contribution >= 0.6 is 0 Å². The minimum absolute atomic E-state index is 0.0412. The molecule has 1 aliphatic carbocycles. The fraction of sp³-hybridized carbons (Fsp3) is 0.750. The maximum Gasteiger partial charge on any atom is 0.315 e. The Balaban J connectivity index is 1.54. The zero-order valence-corrected chi connectivity index (χ0v) is 10.6. The van der Waals surface area contributed by atoms with E-state index in [1.165, 1.54) is 19.3 Å². The highest BCUT2D eigenvalue weighted by Gasteiger charge is 2.14. The summed E-state index contributed by atoms with van der Waals surface area (Å²) in [6.07, 6.45) is 10.3. The number of aryl methyl sites for hydroxylation is 1. The first-order chi connectivity index (χ1) is 8.84. The van der Waals surface area contributed by atoms with Gasteiger partial charge in [0.1, 0.15) is 0 Å². The second kappa shape index (κ2) is 6.98. The first-order valence-electron chi connectivity index (χ1n) is 6.73. The molecule has 100 valence electrons. The summed E-state index contributed by atoms with van der Waals surface area (Å²) in [4.78, 5) is 11.6. The average molecular weight is 251 g/mol. The van der Waals surface area contributed by atoms with Gasteiger partial charge in [-0.1, -0.05) is 24.5 Å². The van der Waals surface area contributed by atoms with Gasteiger partial charge < -0.3 is 10.6 Å². The third-order valence-corrected chi connectivity index (χ3v) is 3.26. The van der Waals surface area contributed by atoms with Gasteiger partial charge in [0.15, 0.2) is 0 Å². The van der Waals surface area contributed by atoms with Crippen molar-refractivity contribution < 1.29 is 4.79 Å². The van der Waals surface area contributed by atoms with Crippen LogP contribution in [0, 0.1) is 0 Å². The predicted octanol–water partition coefficient (Wildman–Crippen LogP) is 1.30. The summed E-state index contributed by atoms with van der Waals surface area (Å²) in [7, 11) is 0. The molecule has 1 aromatic rings. The second-order valence-corrected chi connectivity index (χ2v) is 4.75. The molecule has 1 fully saturated rings. The monoisotopic (exact) mass is 251 g/mol. The molecule has 0 saturated heterocycles. The van der Waals surface area contributed by atoms with E-state index in [4.69, 9.17) is 0 Å². The van der Waals surface area contributed by atoms with Crippen molar-refractivity contribution in [2.24, 2.45) is 0 Å². The van der Waals surface area contributed by atoms with E-state index in [1.807, 2.05) is 6.20 Å². The number of nitrogens with one attached hydrogen (secondary N) is 2. The highest BCUT2D eigenvalue weighted by Crippen LogP contribution is 2.16. The Morgan fingerprint density at radius 2 is 2.17 bits per heavy atom. The number of hydrogen-bond acceptors (Lipinski definition) is 3.